The molecule has 0 saturated heterocycles. The number of hydrogen-bond acceptors (Lipinski definition) is 1. The van der Waals surface area contributed by atoms with Crippen LogP contribution >= 0.6 is 31.9 Å². The quantitative estimate of drug-likeness (QED) is 0.818. The number of rotatable bonds is 4. The summed E-state index contributed by atoms with van der Waals surface area (Å²) in [6.07, 6.45) is 0.576. The van der Waals surface area contributed by atoms with Crippen LogP contribution in [-0.2, 0) is 12.8 Å². The van der Waals surface area contributed by atoms with Gasteiger partial charge in [0.1, 0.15) is 5.82 Å². The second-order valence-electron chi connectivity index (χ2n) is 4.40. The first-order chi connectivity index (χ1) is 9.06. The van der Waals surface area contributed by atoms with Gasteiger partial charge in [0.25, 0.3) is 0 Å². The first-order valence-electron chi connectivity index (χ1n) is 5.91. The van der Waals surface area contributed by atoms with Crippen molar-refractivity contribution in [3.63, 3.8) is 0 Å². The molecule has 0 heterocycles. The lowest BCUT2D eigenvalue weighted by Gasteiger charge is -2.12. The second-order valence-corrected chi connectivity index (χ2v) is 6.11. The summed E-state index contributed by atoms with van der Waals surface area (Å²) >= 11 is 6.61. The van der Waals surface area contributed by atoms with Gasteiger partial charge in [0.2, 0.25) is 0 Å². The van der Waals surface area contributed by atoms with Crippen molar-refractivity contribution in [3.05, 3.63) is 68.4 Å². The summed E-state index contributed by atoms with van der Waals surface area (Å²) in [6.45, 7) is 0. The third-order valence-electron chi connectivity index (χ3n) is 2.87. The summed E-state index contributed by atoms with van der Waals surface area (Å²) in [7, 11) is 0. The van der Waals surface area contributed by atoms with E-state index in [9.17, 15) is 9.50 Å². The first kappa shape index (κ1) is 14.7. The molecule has 1 N–H and O–H groups in total. The summed E-state index contributed by atoms with van der Waals surface area (Å²) in [6, 6.07) is 12.6. The molecule has 4 heteroatoms. The van der Waals surface area contributed by atoms with Gasteiger partial charge in [0, 0.05) is 4.47 Å². The van der Waals surface area contributed by atoms with Crippen molar-refractivity contribution in [2.24, 2.45) is 0 Å². The Balaban J connectivity index is 2.03. The molecule has 0 radical (unpaired) electrons. The zero-order valence-electron chi connectivity index (χ0n) is 10.1. The van der Waals surface area contributed by atoms with Crippen LogP contribution in [0.2, 0.25) is 0 Å². The molecule has 0 aliphatic rings. The van der Waals surface area contributed by atoms with Crippen molar-refractivity contribution in [1.82, 2.24) is 0 Å². The lowest BCUT2D eigenvalue weighted by molar-refractivity contribution is 0.175. The van der Waals surface area contributed by atoms with E-state index in [1.165, 1.54) is 6.07 Å². The topological polar surface area (TPSA) is 20.2 Å². The van der Waals surface area contributed by atoms with E-state index in [1.807, 2.05) is 24.3 Å². The minimum atomic E-state index is -0.490. The van der Waals surface area contributed by atoms with E-state index < -0.39 is 6.10 Å². The van der Waals surface area contributed by atoms with Gasteiger partial charge in [-0.15, -0.1) is 0 Å². The maximum atomic E-state index is 13.1. The van der Waals surface area contributed by atoms with Gasteiger partial charge in [0.15, 0.2) is 0 Å². The Labute approximate surface area is 128 Å². The summed E-state index contributed by atoms with van der Waals surface area (Å²) in [4.78, 5) is 0. The number of hydrogen-bond donors (Lipinski definition) is 1. The van der Waals surface area contributed by atoms with Crippen molar-refractivity contribution < 1.29 is 9.50 Å². The van der Waals surface area contributed by atoms with E-state index >= 15 is 0 Å². The largest absolute Gasteiger partial charge is 0.392 e. The maximum Gasteiger partial charge on any atom is 0.137 e. The van der Waals surface area contributed by atoms with Gasteiger partial charge in [-0.05, 0) is 58.1 Å². The van der Waals surface area contributed by atoms with Crippen LogP contribution in [0.25, 0.3) is 0 Å². The molecular weight excluding hydrogens is 375 g/mol. The van der Waals surface area contributed by atoms with Crippen molar-refractivity contribution in [1.29, 1.82) is 0 Å². The molecule has 0 aliphatic heterocycles. The smallest absolute Gasteiger partial charge is 0.137 e. The highest BCUT2D eigenvalue weighted by molar-refractivity contribution is 9.10. The van der Waals surface area contributed by atoms with E-state index in [0.29, 0.717) is 17.3 Å². The third kappa shape index (κ3) is 4.13. The molecule has 100 valence electrons. The average Bonchev–Trinajstić information content (AvgIpc) is 2.37. The average molecular weight is 388 g/mol. The molecule has 0 aliphatic carbocycles. The van der Waals surface area contributed by atoms with Gasteiger partial charge < -0.3 is 5.11 Å². The summed E-state index contributed by atoms with van der Waals surface area (Å²) in [5.74, 6) is -0.288. The highest BCUT2D eigenvalue weighted by Gasteiger charge is 2.10. The highest BCUT2D eigenvalue weighted by Crippen LogP contribution is 2.21. The molecule has 0 saturated carbocycles. The zero-order chi connectivity index (χ0) is 13.8. The normalized spacial score (nSPS) is 12.4. The second kappa shape index (κ2) is 6.64. The Morgan fingerprint density at radius 1 is 1.00 bits per heavy atom. The van der Waals surface area contributed by atoms with Gasteiger partial charge in [-0.1, -0.05) is 40.2 Å². The maximum absolute atomic E-state index is 13.1. The SMILES string of the molecule is OC(Cc1ccc(F)c(Br)c1)Cc1ccccc1Br. The Morgan fingerprint density at radius 2 is 1.74 bits per heavy atom. The van der Waals surface area contributed by atoms with Crippen LogP contribution < -0.4 is 0 Å². The highest BCUT2D eigenvalue weighted by atomic mass is 79.9. The Morgan fingerprint density at radius 3 is 2.42 bits per heavy atom. The molecule has 0 aromatic heterocycles. The fourth-order valence-electron chi connectivity index (χ4n) is 1.93. The minimum absolute atomic E-state index is 0.288. The fourth-order valence-corrected chi connectivity index (χ4v) is 2.80. The molecule has 2 rings (SSSR count). The standard InChI is InChI=1S/C15H13Br2FO/c16-13-4-2-1-3-11(13)9-12(19)7-10-5-6-15(18)14(17)8-10/h1-6,8,12,19H,7,9H2. The van der Waals surface area contributed by atoms with Crippen molar-refractivity contribution in [2.45, 2.75) is 18.9 Å². The fraction of sp³-hybridized carbons (Fsp3) is 0.200. The van der Waals surface area contributed by atoms with Gasteiger partial charge in [-0.2, -0.15) is 0 Å². The van der Waals surface area contributed by atoms with Crippen LogP contribution in [-0.4, -0.2) is 11.2 Å². The zero-order valence-corrected chi connectivity index (χ0v) is 13.3. The molecule has 1 nitrogen and oxygen atoms in total. The molecule has 19 heavy (non-hydrogen) atoms. The Bertz CT molecular complexity index is 572. The molecule has 2 aromatic carbocycles. The van der Waals surface area contributed by atoms with Crippen LogP contribution in [0.3, 0.4) is 0 Å². The lowest BCUT2D eigenvalue weighted by Crippen LogP contribution is -2.14. The molecule has 1 atom stereocenters. The van der Waals surface area contributed by atoms with Crippen molar-refractivity contribution in [3.8, 4) is 0 Å². The van der Waals surface area contributed by atoms with Crippen molar-refractivity contribution >= 4 is 31.9 Å². The molecular formula is C15H13Br2FO. The van der Waals surface area contributed by atoms with E-state index in [0.717, 1.165) is 15.6 Å². The number of aliphatic hydroxyl groups is 1. The van der Waals surface area contributed by atoms with Gasteiger partial charge in [0.05, 0.1) is 10.6 Å². The van der Waals surface area contributed by atoms with Gasteiger partial charge >= 0.3 is 0 Å². The molecule has 0 spiro atoms. The van der Waals surface area contributed by atoms with Crippen LogP contribution in [0.1, 0.15) is 11.1 Å². The van der Waals surface area contributed by atoms with Crippen molar-refractivity contribution in [2.75, 3.05) is 0 Å². The first-order valence-corrected chi connectivity index (χ1v) is 7.50. The molecule has 2 aromatic rings. The predicted molar refractivity (Wildman–Crippen MR) is 81.7 cm³/mol. The van der Waals surface area contributed by atoms with E-state index in [2.05, 4.69) is 31.9 Å². The lowest BCUT2D eigenvalue weighted by atomic mass is 10.0. The molecule has 0 fully saturated rings. The van der Waals surface area contributed by atoms with E-state index in [-0.39, 0.29) is 5.82 Å². The molecule has 0 bridgehead atoms. The van der Waals surface area contributed by atoms with Gasteiger partial charge in [-0.25, -0.2) is 4.39 Å². The summed E-state index contributed by atoms with van der Waals surface area (Å²) in [5.41, 5.74) is 1.98. The number of aliphatic hydroxyl groups excluding tert-OH is 1. The van der Waals surface area contributed by atoms with E-state index in [1.54, 1.807) is 12.1 Å². The monoisotopic (exact) mass is 386 g/mol. The molecule has 0 amide bonds. The molecule has 1 unspecified atom stereocenters. The summed E-state index contributed by atoms with van der Waals surface area (Å²) in [5, 5.41) is 10.1. The predicted octanol–water partition coefficient (Wildman–Crippen LogP) is 4.50. The van der Waals surface area contributed by atoms with Crippen LogP contribution in [0.4, 0.5) is 4.39 Å². The third-order valence-corrected chi connectivity index (χ3v) is 4.25. The number of halogens is 3. The Hall–Kier alpha value is -0.710. The van der Waals surface area contributed by atoms with E-state index in [4.69, 9.17) is 0 Å². The number of benzene rings is 2. The van der Waals surface area contributed by atoms with Crippen LogP contribution in [0.5, 0.6) is 0 Å². The van der Waals surface area contributed by atoms with Gasteiger partial charge in [-0.3, -0.25) is 0 Å². The minimum Gasteiger partial charge on any atom is -0.392 e. The summed E-state index contributed by atoms with van der Waals surface area (Å²) < 4.78 is 14.5. The van der Waals surface area contributed by atoms with Crippen LogP contribution in [0, 0.1) is 5.82 Å². The Kier molecular flexibility index (Phi) is 5.13. The van der Waals surface area contributed by atoms with Crippen LogP contribution in [0.15, 0.2) is 51.4 Å².